The van der Waals surface area contributed by atoms with E-state index in [1.807, 2.05) is 35.7 Å². The lowest BCUT2D eigenvalue weighted by Crippen LogP contribution is -2.19. The van der Waals surface area contributed by atoms with Gasteiger partial charge in [-0.15, -0.1) is 11.3 Å². The summed E-state index contributed by atoms with van der Waals surface area (Å²) in [6.07, 6.45) is 2.23. The monoisotopic (exact) mass is 367 g/mol. The van der Waals surface area contributed by atoms with Gasteiger partial charge in [0.05, 0.1) is 0 Å². The average Bonchev–Trinajstić information content (AvgIpc) is 3.15. The molecule has 0 saturated carbocycles. The van der Waals surface area contributed by atoms with Crippen molar-refractivity contribution >= 4 is 34.7 Å². The van der Waals surface area contributed by atoms with Crippen molar-refractivity contribution in [3.63, 3.8) is 0 Å². The van der Waals surface area contributed by atoms with E-state index in [4.69, 9.17) is 5.11 Å². The zero-order chi connectivity index (χ0) is 18.4. The third kappa shape index (κ3) is 4.90. The summed E-state index contributed by atoms with van der Waals surface area (Å²) in [5, 5.41) is 17.1. The molecule has 0 fully saturated rings. The number of hydrogen-bond acceptors (Lipinski definition) is 4. The van der Waals surface area contributed by atoms with Crippen molar-refractivity contribution in [2.24, 2.45) is 0 Å². The number of anilines is 2. The third-order valence-electron chi connectivity index (χ3n) is 3.63. The number of amides is 2. The number of benzene rings is 2. The van der Waals surface area contributed by atoms with Crippen molar-refractivity contribution in [3.8, 4) is 10.6 Å². The number of nitrogens with one attached hydrogen (secondary N) is 2. The lowest BCUT2D eigenvalue weighted by molar-refractivity contribution is -0.136. The summed E-state index contributed by atoms with van der Waals surface area (Å²) in [5.74, 6) is -0.845. The number of aromatic nitrogens is 1. The molecule has 0 aliphatic rings. The van der Waals surface area contributed by atoms with Gasteiger partial charge in [0.25, 0.3) is 0 Å². The molecule has 3 N–H and O–H groups in total. The van der Waals surface area contributed by atoms with Crippen LogP contribution in [0.4, 0.5) is 16.2 Å². The average molecular weight is 367 g/mol. The Bertz CT molecular complexity index is 893. The van der Waals surface area contributed by atoms with Gasteiger partial charge >= 0.3 is 12.0 Å². The predicted octanol–water partition coefficient (Wildman–Crippen LogP) is 4.47. The lowest BCUT2D eigenvalue weighted by atomic mass is 10.1. The molecule has 6 nitrogen and oxygen atoms in total. The Balaban J connectivity index is 1.58. The van der Waals surface area contributed by atoms with Crippen LogP contribution in [0.15, 0.2) is 60.1 Å². The highest BCUT2D eigenvalue weighted by Crippen LogP contribution is 2.23. The topological polar surface area (TPSA) is 91.3 Å². The summed E-state index contributed by atoms with van der Waals surface area (Å²) in [6.45, 7) is 0. The van der Waals surface area contributed by atoms with Gasteiger partial charge in [0.1, 0.15) is 5.01 Å². The molecule has 0 aliphatic heterocycles. The molecule has 0 radical (unpaired) electrons. The van der Waals surface area contributed by atoms with Gasteiger partial charge in [0, 0.05) is 34.9 Å². The molecule has 2 aromatic carbocycles. The molecular formula is C19H17N3O3S. The van der Waals surface area contributed by atoms with Crippen LogP contribution in [0.25, 0.3) is 10.6 Å². The fourth-order valence-electron chi connectivity index (χ4n) is 2.41. The summed E-state index contributed by atoms with van der Waals surface area (Å²) < 4.78 is 0. The van der Waals surface area contributed by atoms with Crippen molar-refractivity contribution in [2.45, 2.75) is 12.8 Å². The molecule has 0 atom stereocenters. The second kappa shape index (κ2) is 8.26. The van der Waals surface area contributed by atoms with Crippen molar-refractivity contribution in [1.82, 2.24) is 4.98 Å². The minimum Gasteiger partial charge on any atom is -0.481 e. The third-order valence-corrected chi connectivity index (χ3v) is 4.46. The van der Waals surface area contributed by atoms with Gasteiger partial charge in [-0.3, -0.25) is 4.79 Å². The van der Waals surface area contributed by atoms with Gasteiger partial charge in [-0.25, -0.2) is 9.78 Å². The summed E-state index contributed by atoms with van der Waals surface area (Å²) in [4.78, 5) is 27.1. The zero-order valence-electron chi connectivity index (χ0n) is 13.8. The molecule has 0 saturated heterocycles. The molecule has 0 aliphatic carbocycles. The molecule has 2 amide bonds. The van der Waals surface area contributed by atoms with Crippen molar-refractivity contribution in [1.29, 1.82) is 0 Å². The van der Waals surface area contributed by atoms with Gasteiger partial charge in [0.2, 0.25) is 0 Å². The van der Waals surface area contributed by atoms with Crippen molar-refractivity contribution < 1.29 is 14.7 Å². The number of carboxylic acid groups (broad SMARTS) is 1. The smallest absolute Gasteiger partial charge is 0.323 e. The SMILES string of the molecule is O=C(O)CCc1cccc(NC(=O)Nc2ccc(-c3nccs3)cc2)c1. The Morgan fingerprint density at radius 1 is 1.04 bits per heavy atom. The standard InChI is InChI=1S/C19H17N3O3S/c23-17(24)9-4-13-2-1-3-16(12-13)22-19(25)21-15-7-5-14(6-8-15)18-20-10-11-26-18/h1-3,5-8,10-12H,4,9H2,(H,23,24)(H2,21,22,25). The van der Waals surface area contributed by atoms with E-state index >= 15 is 0 Å². The minimum atomic E-state index is -0.845. The van der Waals surface area contributed by atoms with Gasteiger partial charge < -0.3 is 15.7 Å². The molecule has 1 aromatic heterocycles. The van der Waals surface area contributed by atoms with Crippen LogP contribution in [0.1, 0.15) is 12.0 Å². The van der Waals surface area contributed by atoms with Gasteiger partial charge in [-0.1, -0.05) is 12.1 Å². The molecular weight excluding hydrogens is 350 g/mol. The number of carbonyl (C=O) groups excluding carboxylic acids is 1. The van der Waals surface area contributed by atoms with Gasteiger partial charge in [0.15, 0.2) is 0 Å². The maximum atomic E-state index is 12.1. The maximum absolute atomic E-state index is 12.1. The van der Waals surface area contributed by atoms with E-state index in [2.05, 4.69) is 15.6 Å². The number of aliphatic carboxylic acids is 1. The highest BCUT2D eigenvalue weighted by molar-refractivity contribution is 7.13. The number of thiazole rings is 1. The zero-order valence-corrected chi connectivity index (χ0v) is 14.6. The first kappa shape index (κ1) is 17.6. The molecule has 3 rings (SSSR count). The normalized spacial score (nSPS) is 10.3. The minimum absolute atomic E-state index is 0.0566. The number of rotatable bonds is 6. The van der Waals surface area contributed by atoms with Crippen LogP contribution in [-0.2, 0) is 11.2 Å². The molecule has 1 heterocycles. The molecule has 0 unspecified atom stereocenters. The first-order chi connectivity index (χ1) is 12.6. The molecule has 0 spiro atoms. The summed E-state index contributed by atoms with van der Waals surface area (Å²) >= 11 is 1.56. The predicted molar refractivity (Wildman–Crippen MR) is 103 cm³/mol. The summed E-state index contributed by atoms with van der Waals surface area (Å²) in [6, 6.07) is 14.2. The first-order valence-electron chi connectivity index (χ1n) is 7.99. The lowest BCUT2D eigenvalue weighted by Gasteiger charge is -2.09. The highest BCUT2D eigenvalue weighted by Gasteiger charge is 2.06. The number of carbonyl (C=O) groups is 2. The number of aryl methyl sites for hydroxylation is 1. The van der Waals surface area contributed by atoms with Crippen molar-refractivity contribution in [2.75, 3.05) is 10.6 Å². The van der Waals surface area contributed by atoms with Crippen LogP contribution in [-0.4, -0.2) is 22.1 Å². The van der Waals surface area contributed by atoms with E-state index in [-0.39, 0.29) is 12.5 Å². The molecule has 0 bridgehead atoms. The largest absolute Gasteiger partial charge is 0.481 e. The van der Waals surface area contributed by atoms with E-state index < -0.39 is 5.97 Å². The second-order valence-electron chi connectivity index (χ2n) is 5.59. The fourth-order valence-corrected chi connectivity index (χ4v) is 3.06. The van der Waals surface area contributed by atoms with Crippen LogP contribution < -0.4 is 10.6 Å². The highest BCUT2D eigenvalue weighted by atomic mass is 32.1. The first-order valence-corrected chi connectivity index (χ1v) is 8.87. The quantitative estimate of drug-likeness (QED) is 0.599. The van der Waals surface area contributed by atoms with E-state index in [1.54, 1.807) is 35.7 Å². The van der Waals surface area contributed by atoms with Crippen LogP contribution >= 0.6 is 11.3 Å². The Kier molecular flexibility index (Phi) is 5.60. The Labute approximate surface area is 154 Å². The van der Waals surface area contributed by atoms with Crippen LogP contribution in [0.2, 0.25) is 0 Å². The second-order valence-corrected chi connectivity index (χ2v) is 6.48. The molecule has 3 aromatic rings. The number of hydrogen-bond donors (Lipinski definition) is 3. The molecule has 26 heavy (non-hydrogen) atoms. The van der Waals surface area contributed by atoms with Crippen molar-refractivity contribution in [3.05, 3.63) is 65.7 Å². The molecule has 132 valence electrons. The van der Waals surface area contributed by atoms with Crippen LogP contribution in [0, 0.1) is 0 Å². The van der Waals surface area contributed by atoms with Crippen LogP contribution in [0.5, 0.6) is 0 Å². The Morgan fingerprint density at radius 3 is 2.50 bits per heavy atom. The van der Waals surface area contributed by atoms with E-state index in [1.165, 1.54) is 0 Å². The van der Waals surface area contributed by atoms with Crippen LogP contribution in [0.3, 0.4) is 0 Å². The maximum Gasteiger partial charge on any atom is 0.323 e. The number of carboxylic acids is 1. The number of urea groups is 1. The van der Waals surface area contributed by atoms with E-state index in [0.29, 0.717) is 17.8 Å². The Hall–Kier alpha value is -3.19. The fraction of sp³-hybridized carbons (Fsp3) is 0.105. The van der Waals surface area contributed by atoms with E-state index in [0.717, 1.165) is 16.1 Å². The van der Waals surface area contributed by atoms with E-state index in [9.17, 15) is 9.59 Å². The summed E-state index contributed by atoms with van der Waals surface area (Å²) in [7, 11) is 0. The van der Waals surface area contributed by atoms with Gasteiger partial charge in [-0.05, 0) is 48.4 Å². The summed E-state index contributed by atoms with van der Waals surface area (Å²) in [5.41, 5.74) is 3.14. The molecule has 7 heteroatoms. The van der Waals surface area contributed by atoms with Gasteiger partial charge in [-0.2, -0.15) is 0 Å². The number of nitrogens with zero attached hydrogens (tertiary/aromatic N) is 1. The Morgan fingerprint density at radius 2 is 1.81 bits per heavy atom.